The van der Waals surface area contributed by atoms with Gasteiger partial charge in [0.05, 0.1) is 6.26 Å². The van der Waals surface area contributed by atoms with E-state index in [0.717, 1.165) is 38.6 Å². The van der Waals surface area contributed by atoms with E-state index in [-0.39, 0.29) is 5.92 Å². The van der Waals surface area contributed by atoms with Gasteiger partial charge in [-0.15, -0.1) is 0 Å². The maximum Gasteiger partial charge on any atom is 0.285 e. The molecule has 0 spiro atoms. The summed E-state index contributed by atoms with van der Waals surface area (Å²) < 4.78 is 22.2. The van der Waals surface area contributed by atoms with Crippen LogP contribution in [0.4, 0.5) is 0 Å². The third kappa shape index (κ3) is 13.3. The van der Waals surface area contributed by atoms with Crippen LogP contribution in [0.5, 0.6) is 0 Å². The van der Waals surface area contributed by atoms with Crippen LogP contribution in [0.3, 0.4) is 0 Å². The topological polar surface area (TPSA) is 69.2 Å². The van der Waals surface area contributed by atoms with E-state index in [9.17, 15) is 5.11 Å². The van der Waals surface area contributed by atoms with Crippen LogP contribution in [-0.4, -0.2) is 58.2 Å². The molecule has 0 bridgehead atoms. The molecule has 0 aliphatic carbocycles. The highest BCUT2D eigenvalue weighted by Gasteiger charge is 2.39. The summed E-state index contributed by atoms with van der Waals surface area (Å²) in [5.74, 6) is -0.814. The lowest BCUT2D eigenvalue weighted by Crippen LogP contribution is -2.44. The third-order valence-corrected chi connectivity index (χ3v) is 5.26. The molecule has 6 nitrogen and oxygen atoms in total. The first-order valence-electron chi connectivity index (χ1n) is 11.4. The predicted octanol–water partition coefficient (Wildman–Crippen LogP) is 4.62. The van der Waals surface area contributed by atoms with Crippen molar-refractivity contribution < 1.29 is 24.1 Å². The fraction of sp³-hybridized carbons (Fsp3) is 0.913. The number of hydrogen-bond donors (Lipinski definition) is 2. The molecule has 0 heterocycles. The Morgan fingerprint density at radius 2 is 1.52 bits per heavy atom. The van der Waals surface area contributed by atoms with Crippen molar-refractivity contribution in [1.82, 2.24) is 5.32 Å². The van der Waals surface area contributed by atoms with Crippen LogP contribution < -0.4 is 5.32 Å². The van der Waals surface area contributed by atoms with Gasteiger partial charge in [0.1, 0.15) is 12.7 Å². The van der Waals surface area contributed by atoms with Crippen LogP contribution in [0.15, 0.2) is 12.3 Å². The fourth-order valence-electron chi connectivity index (χ4n) is 3.55. The third-order valence-electron chi connectivity index (χ3n) is 5.26. The first-order valence-corrected chi connectivity index (χ1v) is 11.4. The molecule has 0 aromatic carbocycles. The highest BCUT2D eigenvalue weighted by Crippen LogP contribution is 2.32. The highest BCUT2D eigenvalue weighted by atomic mass is 16.9. The first kappa shape index (κ1) is 28.3. The number of allylic oxidation sites excluding steroid dienone is 1. The Morgan fingerprint density at radius 3 is 2.14 bits per heavy atom. The summed E-state index contributed by atoms with van der Waals surface area (Å²) in [7, 11) is 4.93. The van der Waals surface area contributed by atoms with E-state index in [1.54, 1.807) is 27.6 Å². The normalized spacial score (nSPS) is 14.4. The Morgan fingerprint density at radius 1 is 0.897 bits per heavy atom. The van der Waals surface area contributed by atoms with Crippen molar-refractivity contribution in [3.05, 3.63) is 12.3 Å². The number of rotatable bonds is 21. The molecule has 0 amide bonds. The Balaban J connectivity index is 4.27. The minimum absolute atomic E-state index is 0.169. The summed E-state index contributed by atoms with van der Waals surface area (Å²) in [6.45, 7) is 5.94. The molecule has 0 aromatic rings. The van der Waals surface area contributed by atoms with Crippen LogP contribution in [0.25, 0.3) is 0 Å². The monoisotopic (exact) mass is 417 g/mol. The molecule has 0 saturated heterocycles. The summed E-state index contributed by atoms with van der Waals surface area (Å²) in [4.78, 5) is 0. The average molecular weight is 418 g/mol. The lowest BCUT2D eigenvalue weighted by molar-refractivity contribution is -0.380. The largest absolute Gasteiger partial charge is 0.499 e. The molecule has 0 aliphatic rings. The van der Waals surface area contributed by atoms with Gasteiger partial charge < -0.3 is 29.4 Å². The Labute approximate surface area is 179 Å². The quantitative estimate of drug-likeness (QED) is 0.161. The standard InChI is InChI=1S/C23H47NO5/c1-6-8-10-11-12-13-15-21(23(26-3,27-4)28-5)16-14-17-24-19-22(25)20-29-18-9-7-2/h9,18,21-22,24-25H,6-8,10-17,19-20H2,1-5H3. The van der Waals surface area contributed by atoms with Gasteiger partial charge in [-0.25, -0.2) is 0 Å². The van der Waals surface area contributed by atoms with Crippen LogP contribution in [0, 0.1) is 5.92 Å². The van der Waals surface area contributed by atoms with Gasteiger partial charge in [-0.3, -0.25) is 0 Å². The SMILES string of the molecule is CCC=COCC(O)CNCCCC(CCCCCCCC)C(OC)(OC)OC. The van der Waals surface area contributed by atoms with Gasteiger partial charge in [0.15, 0.2) is 0 Å². The van der Waals surface area contributed by atoms with Crippen molar-refractivity contribution in [3.8, 4) is 0 Å². The Bertz CT molecular complexity index is 366. The minimum Gasteiger partial charge on any atom is -0.499 e. The van der Waals surface area contributed by atoms with Crippen molar-refractivity contribution in [1.29, 1.82) is 0 Å². The van der Waals surface area contributed by atoms with Crippen LogP contribution in [-0.2, 0) is 18.9 Å². The van der Waals surface area contributed by atoms with Gasteiger partial charge in [0.25, 0.3) is 5.97 Å². The van der Waals surface area contributed by atoms with Crippen molar-refractivity contribution in [2.24, 2.45) is 5.92 Å². The Kier molecular flexibility index (Phi) is 18.9. The second kappa shape index (κ2) is 19.3. The number of ether oxygens (including phenoxy) is 4. The second-order valence-corrected chi connectivity index (χ2v) is 7.58. The van der Waals surface area contributed by atoms with Gasteiger partial charge in [0.2, 0.25) is 0 Å². The maximum absolute atomic E-state index is 9.92. The lowest BCUT2D eigenvalue weighted by atomic mass is 9.93. The Hall–Kier alpha value is -0.660. The van der Waals surface area contributed by atoms with Gasteiger partial charge in [-0.05, 0) is 32.2 Å². The second-order valence-electron chi connectivity index (χ2n) is 7.58. The zero-order valence-corrected chi connectivity index (χ0v) is 19.6. The number of methoxy groups -OCH3 is 3. The van der Waals surface area contributed by atoms with Crippen molar-refractivity contribution in [2.75, 3.05) is 41.0 Å². The summed E-state index contributed by atoms with van der Waals surface area (Å²) in [5.41, 5.74) is 0. The van der Waals surface area contributed by atoms with Crippen molar-refractivity contribution in [3.63, 3.8) is 0 Å². The zero-order valence-electron chi connectivity index (χ0n) is 19.6. The van der Waals surface area contributed by atoms with Gasteiger partial charge in [-0.1, -0.05) is 58.4 Å². The van der Waals surface area contributed by atoms with Gasteiger partial charge in [0, 0.05) is 33.8 Å². The van der Waals surface area contributed by atoms with Crippen LogP contribution in [0.2, 0.25) is 0 Å². The molecule has 0 saturated carbocycles. The van der Waals surface area contributed by atoms with E-state index in [1.807, 2.05) is 13.0 Å². The molecule has 0 aliphatic heterocycles. The number of aliphatic hydroxyl groups excluding tert-OH is 1. The van der Waals surface area contributed by atoms with Gasteiger partial charge in [-0.2, -0.15) is 0 Å². The number of aliphatic hydroxyl groups is 1. The van der Waals surface area contributed by atoms with Crippen LogP contribution >= 0.6 is 0 Å². The minimum atomic E-state index is -0.984. The molecule has 0 radical (unpaired) electrons. The summed E-state index contributed by atoms with van der Waals surface area (Å²) in [6.07, 6.45) is 14.5. The van der Waals surface area contributed by atoms with E-state index in [2.05, 4.69) is 12.2 Å². The number of unbranched alkanes of at least 4 members (excludes halogenated alkanes) is 5. The molecular weight excluding hydrogens is 370 g/mol. The maximum atomic E-state index is 9.92. The van der Waals surface area contributed by atoms with E-state index in [4.69, 9.17) is 18.9 Å². The first-order chi connectivity index (χ1) is 14.1. The van der Waals surface area contributed by atoms with E-state index in [1.165, 1.54) is 32.1 Å². The molecule has 2 unspecified atom stereocenters. The number of hydrogen-bond acceptors (Lipinski definition) is 6. The van der Waals surface area contributed by atoms with Gasteiger partial charge >= 0.3 is 0 Å². The predicted molar refractivity (Wildman–Crippen MR) is 119 cm³/mol. The van der Waals surface area contributed by atoms with Crippen LogP contribution in [0.1, 0.15) is 78.1 Å². The summed E-state index contributed by atoms with van der Waals surface area (Å²) in [6, 6.07) is 0. The molecule has 6 heteroatoms. The fourth-order valence-corrected chi connectivity index (χ4v) is 3.55. The van der Waals surface area contributed by atoms with E-state index < -0.39 is 12.1 Å². The molecule has 174 valence electrons. The zero-order chi connectivity index (χ0) is 21.8. The number of nitrogens with one attached hydrogen (secondary N) is 1. The van der Waals surface area contributed by atoms with E-state index >= 15 is 0 Å². The van der Waals surface area contributed by atoms with Crippen molar-refractivity contribution in [2.45, 2.75) is 90.1 Å². The molecule has 2 atom stereocenters. The summed E-state index contributed by atoms with van der Waals surface area (Å²) >= 11 is 0. The molecule has 0 aromatic heterocycles. The van der Waals surface area contributed by atoms with Crippen molar-refractivity contribution >= 4 is 0 Å². The molecule has 2 N–H and O–H groups in total. The average Bonchev–Trinajstić information content (AvgIpc) is 2.74. The van der Waals surface area contributed by atoms with E-state index in [0.29, 0.717) is 13.2 Å². The smallest absolute Gasteiger partial charge is 0.285 e. The molecule has 0 rings (SSSR count). The summed E-state index contributed by atoms with van der Waals surface area (Å²) in [5, 5.41) is 13.2. The lowest BCUT2D eigenvalue weighted by Gasteiger charge is -2.36. The molecule has 29 heavy (non-hydrogen) atoms. The molecular formula is C23H47NO5. The molecule has 0 fully saturated rings. The highest BCUT2D eigenvalue weighted by molar-refractivity contribution is 4.73.